The van der Waals surface area contributed by atoms with E-state index in [9.17, 15) is 9.59 Å². The molecule has 0 aromatic rings. The molecule has 5 nitrogen and oxygen atoms in total. The van der Waals surface area contributed by atoms with E-state index in [1.807, 2.05) is 0 Å². The molecule has 78 valence electrons. The molecular weight excluding hydrogens is 186 g/mol. The minimum absolute atomic E-state index is 0.284. The average Bonchev–Trinajstić information content (AvgIpc) is 2.18. The minimum Gasteiger partial charge on any atom is -0.466 e. The third kappa shape index (κ3) is 2.48. The maximum Gasteiger partial charge on any atom is 0.411 e. The van der Waals surface area contributed by atoms with Gasteiger partial charge < -0.3 is 9.84 Å². The Morgan fingerprint density at radius 3 is 2.79 bits per heavy atom. The molecule has 1 aliphatic rings. The van der Waals surface area contributed by atoms with Crippen molar-refractivity contribution < 1.29 is 19.4 Å². The Labute approximate surface area is 82.0 Å². The van der Waals surface area contributed by atoms with Crippen LogP contribution in [0.5, 0.6) is 0 Å². The Morgan fingerprint density at radius 2 is 2.36 bits per heavy atom. The van der Waals surface area contributed by atoms with Gasteiger partial charge in [0.1, 0.15) is 0 Å². The zero-order valence-corrected chi connectivity index (χ0v) is 7.97. The van der Waals surface area contributed by atoms with Crippen LogP contribution in [0.2, 0.25) is 0 Å². The molecule has 0 bridgehead atoms. The molecule has 1 amide bonds. The van der Waals surface area contributed by atoms with Crippen molar-refractivity contribution >= 4 is 12.1 Å². The minimum atomic E-state index is -0.997. The first-order valence-corrected chi connectivity index (χ1v) is 4.49. The number of nitrogens with zero attached hydrogens (tertiary/aromatic N) is 1. The first-order chi connectivity index (χ1) is 6.65. The quantitative estimate of drug-likeness (QED) is 0.675. The van der Waals surface area contributed by atoms with Gasteiger partial charge in [0.15, 0.2) is 0 Å². The van der Waals surface area contributed by atoms with Gasteiger partial charge in [0.25, 0.3) is 0 Å². The van der Waals surface area contributed by atoms with Crippen LogP contribution in [0.1, 0.15) is 13.3 Å². The van der Waals surface area contributed by atoms with Gasteiger partial charge in [0.05, 0.1) is 12.5 Å². The molecule has 1 atom stereocenters. The fraction of sp³-hybridized carbons (Fsp3) is 0.556. The lowest BCUT2D eigenvalue weighted by atomic mass is 10.0. The second-order valence-corrected chi connectivity index (χ2v) is 2.96. The van der Waals surface area contributed by atoms with Crippen LogP contribution in [0, 0.1) is 5.92 Å². The summed E-state index contributed by atoms with van der Waals surface area (Å²) in [5, 5.41) is 8.62. The molecule has 1 unspecified atom stereocenters. The largest absolute Gasteiger partial charge is 0.466 e. The molecule has 5 heteroatoms. The van der Waals surface area contributed by atoms with Gasteiger partial charge in [-0.25, -0.2) is 4.79 Å². The molecule has 1 N–H and O–H groups in total. The van der Waals surface area contributed by atoms with E-state index in [-0.39, 0.29) is 11.9 Å². The van der Waals surface area contributed by atoms with Crippen LogP contribution in [-0.2, 0) is 9.53 Å². The first-order valence-electron chi connectivity index (χ1n) is 4.49. The number of hydrogen-bond acceptors (Lipinski definition) is 3. The van der Waals surface area contributed by atoms with Gasteiger partial charge in [-0.1, -0.05) is 6.08 Å². The van der Waals surface area contributed by atoms with Crippen LogP contribution in [0.3, 0.4) is 0 Å². The molecule has 14 heavy (non-hydrogen) atoms. The van der Waals surface area contributed by atoms with Crippen LogP contribution in [0.25, 0.3) is 0 Å². The second kappa shape index (κ2) is 4.64. The highest BCUT2D eigenvalue weighted by atomic mass is 16.5. The Hall–Kier alpha value is -1.52. The van der Waals surface area contributed by atoms with E-state index in [0.29, 0.717) is 19.6 Å². The molecule has 0 aromatic heterocycles. The van der Waals surface area contributed by atoms with Crippen LogP contribution < -0.4 is 0 Å². The molecular formula is C9H13NO4. The summed E-state index contributed by atoms with van der Waals surface area (Å²) in [6, 6.07) is 0. The van der Waals surface area contributed by atoms with Crippen molar-refractivity contribution in [1.82, 2.24) is 4.90 Å². The molecule has 1 aliphatic heterocycles. The van der Waals surface area contributed by atoms with E-state index >= 15 is 0 Å². The summed E-state index contributed by atoms with van der Waals surface area (Å²) in [4.78, 5) is 22.9. The van der Waals surface area contributed by atoms with Gasteiger partial charge in [0, 0.05) is 12.7 Å². The Balaban J connectivity index is 2.51. The third-order valence-corrected chi connectivity index (χ3v) is 2.01. The summed E-state index contributed by atoms with van der Waals surface area (Å²) in [7, 11) is 0. The molecule has 0 spiro atoms. The van der Waals surface area contributed by atoms with E-state index in [1.165, 1.54) is 6.20 Å². The summed E-state index contributed by atoms with van der Waals surface area (Å²) in [6.45, 7) is 2.44. The molecule has 1 rings (SSSR count). The third-order valence-electron chi connectivity index (χ3n) is 2.01. The SMILES string of the molecule is CCOC(=O)C1C=CN(C(=O)O)CC1. The summed E-state index contributed by atoms with van der Waals surface area (Å²) in [5.41, 5.74) is 0. The highest BCUT2D eigenvalue weighted by molar-refractivity contribution is 5.75. The number of esters is 1. The Bertz CT molecular complexity index is 262. The molecule has 0 radical (unpaired) electrons. The smallest absolute Gasteiger partial charge is 0.411 e. The highest BCUT2D eigenvalue weighted by Gasteiger charge is 2.23. The number of ether oxygens (including phenoxy) is 1. The number of hydrogen-bond donors (Lipinski definition) is 1. The normalized spacial score (nSPS) is 20.6. The van der Waals surface area contributed by atoms with Crippen molar-refractivity contribution in [3.63, 3.8) is 0 Å². The maximum absolute atomic E-state index is 11.2. The van der Waals surface area contributed by atoms with Crippen molar-refractivity contribution in [2.45, 2.75) is 13.3 Å². The van der Waals surface area contributed by atoms with Crippen molar-refractivity contribution in [3.8, 4) is 0 Å². The van der Waals surface area contributed by atoms with Crippen LogP contribution in [-0.4, -0.2) is 35.2 Å². The van der Waals surface area contributed by atoms with E-state index in [1.54, 1.807) is 13.0 Å². The lowest BCUT2D eigenvalue weighted by molar-refractivity contribution is -0.146. The van der Waals surface area contributed by atoms with E-state index in [2.05, 4.69) is 0 Å². The fourth-order valence-electron chi connectivity index (χ4n) is 1.26. The van der Waals surface area contributed by atoms with Gasteiger partial charge in [-0.15, -0.1) is 0 Å². The second-order valence-electron chi connectivity index (χ2n) is 2.96. The fourth-order valence-corrected chi connectivity index (χ4v) is 1.26. The maximum atomic E-state index is 11.2. The standard InChI is InChI=1S/C9H13NO4/c1-2-14-8(11)7-3-5-10(6-4-7)9(12)13/h3,5,7H,2,4,6H2,1H3,(H,12,13). The molecule has 0 saturated heterocycles. The van der Waals surface area contributed by atoms with Gasteiger partial charge in [0.2, 0.25) is 0 Å². The van der Waals surface area contributed by atoms with Crippen molar-refractivity contribution in [2.75, 3.05) is 13.2 Å². The van der Waals surface area contributed by atoms with Crippen molar-refractivity contribution in [1.29, 1.82) is 0 Å². The number of carboxylic acid groups (broad SMARTS) is 1. The van der Waals surface area contributed by atoms with Gasteiger partial charge in [-0.2, -0.15) is 0 Å². The van der Waals surface area contributed by atoms with E-state index < -0.39 is 6.09 Å². The topological polar surface area (TPSA) is 66.8 Å². The molecule has 0 fully saturated rings. The zero-order valence-electron chi connectivity index (χ0n) is 7.97. The number of carbonyl (C=O) groups is 2. The van der Waals surface area contributed by atoms with Gasteiger partial charge in [-0.3, -0.25) is 9.69 Å². The summed E-state index contributed by atoms with van der Waals surface area (Å²) in [6.07, 6.45) is 2.47. The van der Waals surface area contributed by atoms with Crippen LogP contribution in [0.4, 0.5) is 4.79 Å². The summed E-state index contributed by atoms with van der Waals surface area (Å²) < 4.78 is 4.82. The van der Waals surface area contributed by atoms with Crippen molar-refractivity contribution in [2.24, 2.45) is 5.92 Å². The number of amides is 1. The molecule has 1 heterocycles. The number of carbonyl (C=O) groups excluding carboxylic acids is 1. The predicted octanol–water partition coefficient (Wildman–Crippen LogP) is 1.06. The Morgan fingerprint density at radius 1 is 1.64 bits per heavy atom. The van der Waals surface area contributed by atoms with Crippen molar-refractivity contribution in [3.05, 3.63) is 12.3 Å². The Kier molecular flexibility index (Phi) is 3.50. The lowest BCUT2D eigenvalue weighted by Gasteiger charge is -2.22. The van der Waals surface area contributed by atoms with Gasteiger partial charge in [-0.05, 0) is 13.3 Å². The van der Waals surface area contributed by atoms with E-state index in [4.69, 9.17) is 9.84 Å². The summed E-state index contributed by atoms with van der Waals surface area (Å²) >= 11 is 0. The van der Waals surface area contributed by atoms with Crippen LogP contribution >= 0.6 is 0 Å². The molecule has 0 aliphatic carbocycles. The number of rotatable bonds is 2. The molecule has 0 saturated carbocycles. The highest BCUT2D eigenvalue weighted by Crippen LogP contribution is 2.15. The molecule has 0 aromatic carbocycles. The zero-order chi connectivity index (χ0) is 10.6. The van der Waals surface area contributed by atoms with Gasteiger partial charge >= 0.3 is 12.1 Å². The monoisotopic (exact) mass is 199 g/mol. The first kappa shape index (κ1) is 10.6. The lowest BCUT2D eigenvalue weighted by Crippen LogP contribution is -2.32. The van der Waals surface area contributed by atoms with E-state index in [0.717, 1.165) is 4.90 Å². The predicted molar refractivity (Wildman–Crippen MR) is 48.6 cm³/mol. The van der Waals surface area contributed by atoms with Crippen LogP contribution in [0.15, 0.2) is 12.3 Å². The average molecular weight is 199 g/mol. The summed E-state index contributed by atoms with van der Waals surface area (Å²) in [5.74, 6) is -0.584.